The Hall–Kier alpha value is -1.34. The van der Waals surface area contributed by atoms with Crippen molar-refractivity contribution in [2.24, 2.45) is 0 Å². The second-order valence-corrected chi connectivity index (χ2v) is 5.48. The average Bonchev–Trinajstić information content (AvgIpc) is 2.25. The molecule has 0 aliphatic heterocycles. The molecule has 0 aromatic heterocycles. The Morgan fingerprint density at radius 2 is 1.36 bits per heavy atom. The monoisotopic (exact) mass is 334 g/mol. The van der Waals surface area contributed by atoms with Gasteiger partial charge in [-0.2, -0.15) is 0 Å². The fraction of sp³-hybridized carbons (Fsp3) is 0.571. The van der Waals surface area contributed by atoms with Crippen LogP contribution >= 0.6 is 0 Å². The summed E-state index contributed by atoms with van der Waals surface area (Å²) in [6.07, 6.45) is -5.71. The second kappa shape index (κ2) is 6.04. The fourth-order valence-corrected chi connectivity index (χ4v) is 2.06. The molecule has 22 heavy (non-hydrogen) atoms. The van der Waals surface area contributed by atoms with Gasteiger partial charge in [-0.3, -0.25) is 0 Å². The molecule has 0 heterocycles. The summed E-state index contributed by atoms with van der Waals surface area (Å²) in [6, 6.07) is 1.89. The number of hydrogen-bond acceptors (Lipinski definition) is 0. The SMILES string of the molecule is Cc1ccc(CC(F)(F)CC(F)(F)CC(C)(F)F)c(F)c1F. The van der Waals surface area contributed by atoms with E-state index in [9.17, 15) is 35.1 Å². The minimum Gasteiger partial charge on any atom is -0.207 e. The van der Waals surface area contributed by atoms with Gasteiger partial charge in [-0.25, -0.2) is 35.1 Å². The fourth-order valence-electron chi connectivity index (χ4n) is 2.06. The molecule has 0 aliphatic carbocycles. The average molecular weight is 334 g/mol. The van der Waals surface area contributed by atoms with Gasteiger partial charge >= 0.3 is 0 Å². The summed E-state index contributed by atoms with van der Waals surface area (Å²) in [5.74, 6) is -15.2. The van der Waals surface area contributed by atoms with Gasteiger partial charge in [-0.05, 0) is 25.0 Å². The van der Waals surface area contributed by atoms with Crippen LogP contribution in [0.3, 0.4) is 0 Å². The van der Waals surface area contributed by atoms with Crippen LogP contribution in [0.5, 0.6) is 0 Å². The van der Waals surface area contributed by atoms with Crippen LogP contribution in [0, 0.1) is 18.6 Å². The maximum Gasteiger partial charge on any atom is 0.259 e. The summed E-state index contributed by atoms with van der Waals surface area (Å²) in [5, 5.41) is 0. The zero-order valence-corrected chi connectivity index (χ0v) is 11.8. The molecule has 1 rings (SSSR count). The van der Waals surface area contributed by atoms with E-state index in [-0.39, 0.29) is 12.5 Å². The predicted octanol–water partition coefficient (Wildman–Crippen LogP) is 5.52. The molecule has 0 fully saturated rings. The van der Waals surface area contributed by atoms with Crippen LogP contribution in [0.15, 0.2) is 12.1 Å². The van der Waals surface area contributed by atoms with Gasteiger partial charge in [-0.15, -0.1) is 0 Å². The molecule has 0 bridgehead atoms. The summed E-state index contributed by atoms with van der Waals surface area (Å²) < 4.78 is 105. The minimum absolute atomic E-state index is 0.125. The Kier molecular flexibility index (Phi) is 5.14. The zero-order chi connectivity index (χ0) is 17.3. The molecule has 1 aromatic carbocycles. The molecular weight excluding hydrogens is 320 g/mol. The van der Waals surface area contributed by atoms with E-state index in [4.69, 9.17) is 0 Å². The highest BCUT2D eigenvalue weighted by Gasteiger charge is 2.48. The molecule has 0 unspecified atom stereocenters. The molecule has 126 valence electrons. The van der Waals surface area contributed by atoms with E-state index < -0.39 is 54.2 Å². The van der Waals surface area contributed by atoms with E-state index in [1.807, 2.05) is 0 Å². The van der Waals surface area contributed by atoms with Gasteiger partial charge in [0.15, 0.2) is 11.6 Å². The number of rotatable bonds is 6. The lowest BCUT2D eigenvalue weighted by Gasteiger charge is -2.25. The van der Waals surface area contributed by atoms with Crippen LogP contribution in [-0.2, 0) is 6.42 Å². The highest BCUT2D eigenvalue weighted by atomic mass is 19.3. The Bertz CT molecular complexity index is 530. The molecular formula is C14H14F8. The molecule has 0 atom stereocenters. The zero-order valence-electron chi connectivity index (χ0n) is 11.8. The molecule has 0 amide bonds. The van der Waals surface area contributed by atoms with E-state index in [0.717, 1.165) is 12.1 Å². The van der Waals surface area contributed by atoms with E-state index in [1.165, 1.54) is 6.92 Å². The maximum absolute atomic E-state index is 13.6. The summed E-state index contributed by atoms with van der Waals surface area (Å²) in [5.41, 5.74) is -0.910. The summed E-state index contributed by atoms with van der Waals surface area (Å²) >= 11 is 0. The second-order valence-electron chi connectivity index (χ2n) is 5.48. The Balaban J connectivity index is 2.90. The van der Waals surface area contributed by atoms with E-state index in [2.05, 4.69) is 0 Å². The number of benzene rings is 1. The van der Waals surface area contributed by atoms with Crippen molar-refractivity contribution in [3.63, 3.8) is 0 Å². The minimum atomic E-state index is -4.33. The van der Waals surface area contributed by atoms with Crippen LogP contribution in [0.25, 0.3) is 0 Å². The van der Waals surface area contributed by atoms with Gasteiger partial charge in [0.25, 0.3) is 17.8 Å². The van der Waals surface area contributed by atoms with Crippen molar-refractivity contribution >= 4 is 0 Å². The van der Waals surface area contributed by atoms with Crippen molar-refractivity contribution in [2.45, 2.75) is 50.9 Å². The lowest BCUT2D eigenvalue weighted by Crippen LogP contribution is -2.35. The quantitative estimate of drug-likeness (QED) is 0.601. The third kappa shape index (κ3) is 5.46. The van der Waals surface area contributed by atoms with Gasteiger partial charge < -0.3 is 0 Å². The Morgan fingerprint density at radius 3 is 1.86 bits per heavy atom. The molecule has 0 nitrogen and oxygen atoms in total. The topological polar surface area (TPSA) is 0 Å². The number of aryl methyl sites for hydroxylation is 1. The lowest BCUT2D eigenvalue weighted by atomic mass is 9.97. The van der Waals surface area contributed by atoms with Crippen molar-refractivity contribution in [1.82, 2.24) is 0 Å². The van der Waals surface area contributed by atoms with Gasteiger partial charge in [0.2, 0.25) is 0 Å². The van der Waals surface area contributed by atoms with E-state index in [0.29, 0.717) is 0 Å². The van der Waals surface area contributed by atoms with Gasteiger partial charge in [-0.1, -0.05) is 12.1 Å². The molecule has 0 aliphatic rings. The molecule has 0 N–H and O–H groups in total. The Morgan fingerprint density at radius 1 is 0.818 bits per heavy atom. The van der Waals surface area contributed by atoms with Crippen molar-refractivity contribution < 1.29 is 35.1 Å². The van der Waals surface area contributed by atoms with E-state index in [1.54, 1.807) is 0 Å². The summed E-state index contributed by atoms with van der Waals surface area (Å²) in [7, 11) is 0. The number of halogens is 8. The highest BCUT2D eigenvalue weighted by Crippen LogP contribution is 2.39. The maximum atomic E-state index is 13.6. The van der Waals surface area contributed by atoms with Crippen molar-refractivity contribution in [3.8, 4) is 0 Å². The standard InChI is InChI=1S/C14H14F8/c1-8-3-4-9(11(16)10(8)15)5-13(19,20)7-14(21,22)6-12(2,17)18/h3-4H,5-7H2,1-2H3. The van der Waals surface area contributed by atoms with E-state index >= 15 is 0 Å². The molecule has 0 saturated heterocycles. The highest BCUT2D eigenvalue weighted by molar-refractivity contribution is 5.26. The first-order chi connectivity index (χ1) is 9.72. The van der Waals surface area contributed by atoms with Gasteiger partial charge in [0.1, 0.15) is 0 Å². The predicted molar refractivity (Wildman–Crippen MR) is 64.5 cm³/mol. The molecule has 0 saturated carbocycles. The van der Waals surface area contributed by atoms with Crippen LogP contribution in [0.2, 0.25) is 0 Å². The Labute approximate surface area is 122 Å². The van der Waals surface area contributed by atoms with Crippen molar-refractivity contribution in [2.75, 3.05) is 0 Å². The normalized spacial score (nSPS) is 13.5. The molecule has 0 radical (unpaired) electrons. The first-order valence-electron chi connectivity index (χ1n) is 6.29. The number of hydrogen-bond donors (Lipinski definition) is 0. The molecule has 1 aromatic rings. The number of alkyl halides is 6. The molecule has 8 heteroatoms. The van der Waals surface area contributed by atoms with Gasteiger partial charge in [0.05, 0.1) is 12.8 Å². The van der Waals surface area contributed by atoms with Crippen LogP contribution < -0.4 is 0 Å². The molecule has 0 spiro atoms. The first kappa shape index (κ1) is 18.7. The third-order valence-electron chi connectivity index (χ3n) is 2.89. The van der Waals surface area contributed by atoms with Crippen LogP contribution in [0.1, 0.15) is 30.9 Å². The van der Waals surface area contributed by atoms with Crippen molar-refractivity contribution in [1.29, 1.82) is 0 Å². The summed E-state index contributed by atoms with van der Waals surface area (Å²) in [6.45, 7) is 1.39. The first-order valence-corrected chi connectivity index (χ1v) is 6.29. The lowest BCUT2D eigenvalue weighted by molar-refractivity contribution is -0.151. The summed E-state index contributed by atoms with van der Waals surface area (Å²) in [4.78, 5) is 0. The smallest absolute Gasteiger partial charge is 0.207 e. The van der Waals surface area contributed by atoms with Gasteiger partial charge in [0, 0.05) is 6.42 Å². The largest absolute Gasteiger partial charge is 0.259 e. The van der Waals surface area contributed by atoms with Crippen LogP contribution in [0.4, 0.5) is 35.1 Å². The van der Waals surface area contributed by atoms with Crippen molar-refractivity contribution in [3.05, 3.63) is 34.9 Å². The van der Waals surface area contributed by atoms with Crippen LogP contribution in [-0.4, -0.2) is 17.8 Å². The third-order valence-corrected chi connectivity index (χ3v) is 2.89.